The fourth-order valence-electron chi connectivity index (χ4n) is 2.61. The van der Waals surface area contributed by atoms with Crippen LogP contribution in [-0.4, -0.2) is 55.8 Å². The van der Waals surface area contributed by atoms with Crippen molar-refractivity contribution in [3.8, 4) is 0 Å². The Hall–Kier alpha value is -0.660. The van der Waals surface area contributed by atoms with Gasteiger partial charge in [-0.1, -0.05) is 13.8 Å². The van der Waals surface area contributed by atoms with Crippen molar-refractivity contribution in [3.05, 3.63) is 0 Å². The van der Waals surface area contributed by atoms with Gasteiger partial charge in [0.15, 0.2) is 0 Å². The summed E-state index contributed by atoms with van der Waals surface area (Å²) in [5, 5.41) is 9.37. The molecular formula is C13H26N2O4S. The first-order chi connectivity index (χ1) is 9.24. The van der Waals surface area contributed by atoms with Gasteiger partial charge in [-0.25, -0.2) is 13.1 Å². The third-order valence-corrected chi connectivity index (χ3v) is 4.20. The van der Waals surface area contributed by atoms with Crippen molar-refractivity contribution >= 4 is 15.9 Å². The van der Waals surface area contributed by atoms with E-state index in [0.717, 1.165) is 25.5 Å². The Morgan fingerprint density at radius 3 is 2.55 bits per heavy atom. The quantitative estimate of drug-likeness (QED) is 0.740. The van der Waals surface area contributed by atoms with Crippen LogP contribution in [0.25, 0.3) is 0 Å². The normalized spacial score (nSPS) is 22.1. The van der Waals surface area contributed by atoms with Crippen molar-refractivity contribution in [1.82, 2.24) is 9.62 Å². The van der Waals surface area contributed by atoms with E-state index in [4.69, 9.17) is 0 Å². The third kappa shape index (κ3) is 5.38. The first-order valence-electron chi connectivity index (χ1n) is 7.13. The van der Waals surface area contributed by atoms with Crippen molar-refractivity contribution in [2.24, 2.45) is 5.92 Å². The number of sulfonamides is 1. The SMILES string of the molecule is CC(C)CC(NS(C)(=O)=O)C(=O)N1CCCCC1CO. The first kappa shape index (κ1) is 17.4. The number of aliphatic hydroxyl groups excluding tert-OH is 1. The molecule has 2 N–H and O–H groups in total. The zero-order chi connectivity index (χ0) is 15.3. The van der Waals surface area contributed by atoms with Gasteiger partial charge >= 0.3 is 0 Å². The van der Waals surface area contributed by atoms with Crippen molar-refractivity contribution < 1.29 is 18.3 Å². The molecule has 0 bridgehead atoms. The molecule has 2 unspecified atom stereocenters. The van der Waals surface area contributed by atoms with E-state index in [1.165, 1.54) is 0 Å². The van der Waals surface area contributed by atoms with E-state index in [2.05, 4.69) is 4.72 Å². The Bertz CT molecular complexity index is 422. The van der Waals surface area contributed by atoms with Crippen molar-refractivity contribution in [3.63, 3.8) is 0 Å². The number of piperidine rings is 1. The molecule has 6 nitrogen and oxygen atoms in total. The van der Waals surface area contributed by atoms with Crippen LogP contribution < -0.4 is 4.72 Å². The summed E-state index contributed by atoms with van der Waals surface area (Å²) in [5.41, 5.74) is 0. The van der Waals surface area contributed by atoms with Crippen LogP contribution in [0.5, 0.6) is 0 Å². The molecule has 0 aromatic heterocycles. The zero-order valence-electron chi connectivity index (χ0n) is 12.5. The van der Waals surface area contributed by atoms with Crippen molar-refractivity contribution in [1.29, 1.82) is 0 Å². The summed E-state index contributed by atoms with van der Waals surface area (Å²) in [5.74, 6) is -0.0153. The highest BCUT2D eigenvalue weighted by Gasteiger charge is 2.32. The minimum atomic E-state index is -3.44. The summed E-state index contributed by atoms with van der Waals surface area (Å²) in [7, 11) is -3.44. The molecule has 1 saturated heterocycles. The fraction of sp³-hybridized carbons (Fsp3) is 0.923. The molecule has 118 valence electrons. The minimum absolute atomic E-state index is 0.0704. The molecule has 2 atom stereocenters. The minimum Gasteiger partial charge on any atom is -0.394 e. The summed E-state index contributed by atoms with van der Waals surface area (Å²) >= 11 is 0. The largest absolute Gasteiger partial charge is 0.394 e. The number of amides is 1. The number of aliphatic hydroxyl groups is 1. The number of nitrogens with one attached hydrogen (secondary N) is 1. The number of carbonyl (C=O) groups excluding carboxylic acids is 1. The van der Waals surface area contributed by atoms with E-state index in [9.17, 15) is 18.3 Å². The maximum Gasteiger partial charge on any atom is 0.241 e. The van der Waals surface area contributed by atoms with Crippen molar-refractivity contribution in [2.75, 3.05) is 19.4 Å². The van der Waals surface area contributed by atoms with Crippen LogP contribution in [0.2, 0.25) is 0 Å². The average molecular weight is 306 g/mol. The Balaban J connectivity index is 2.85. The highest BCUT2D eigenvalue weighted by atomic mass is 32.2. The topological polar surface area (TPSA) is 86.7 Å². The monoisotopic (exact) mass is 306 g/mol. The van der Waals surface area contributed by atoms with Crippen LogP contribution in [-0.2, 0) is 14.8 Å². The second-order valence-corrected chi connectivity index (χ2v) is 7.72. The average Bonchev–Trinajstić information content (AvgIpc) is 2.35. The number of likely N-dealkylation sites (tertiary alicyclic amines) is 1. The van der Waals surface area contributed by atoms with E-state index in [1.54, 1.807) is 4.90 Å². The molecule has 20 heavy (non-hydrogen) atoms. The molecule has 0 radical (unpaired) electrons. The number of nitrogens with zero attached hydrogens (tertiary/aromatic N) is 1. The molecule has 7 heteroatoms. The number of carbonyl (C=O) groups is 1. The molecule has 0 spiro atoms. The Morgan fingerprint density at radius 1 is 1.40 bits per heavy atom. The molecule has 1 heterocycles. The molecule has 1 aliphatic rings. The summed E-state index contributed by atoms with van der Waals surface area (Å²) in [6.07, 6.45) is 4.18. The maximum absolute atomic E-state index is 12.6. The summed E-state index contributed by atoms with van der Waals surface area (Å²) in [6, 6.07) is -0.926. The highest BCUT2D eigenvalue weighted by Crippen LogP contribution is 2.19. The molecule has 0 aliphatic carbocycles. The van der Waals surface area contributed by atoms with Gasteiger partial charge in [-0.2, -0.15) is 0 Å². The van der Waals surface area contributed by atoms with Crippen LogP contribution in [0.1, 0.15) is 39.5 Å². The van der Waals surface area contributed by atoms with E-state index in [1.807, 2.05) is 13.8 Å². The molecule has 1 aliphatic heterocycles. The predicted octanol–water partition coefficient (Wildman–Crippen LogP) is 0.324. The second-order valence-electron chi connectivity index (χ2n) is 5.94. The standard InChI is InChI=1S/C13H26N2O4S/c1-10(2)8-12(14-20(3,18)19)13(17)15-7-5-4-6-11(15)9-16/h10-12,14,16H,4-9H2,1-3H3. The Labute approximate surface area is 121 Å². The van der Waals surface area contributed by atoms with Crippen LogP contribution in [0.4, 0.5) is 0 Å². The van der Waals surface area contributed by atoms with E-state index < -0.39 is 16.1 Å². The van der Waals surface area contributed by atoms with Crippen LogP contribution in [0.3, 0.4) is 0 Å². The van der Waals surface area contributed by atoms with Gasteiger partial charge in [0.1, 0.15) is 6.04 Å². The zero-order valence-corrected chi connectivity index (χ0v) is 13.3. The van der Waals surface area contributed by atoms with E-state index in [0.29, 0.717) is 13.0 Å². The second kappa shape index (κ2) is 7.38. The van der Waals surface area contributed by atoms with Gasteiger partial charge in [0.05, 0.1) is 18.9 Å². The van der Waals surface area contributed by atoms with Gasteiger partial charge in [0.2, 0.25) is 15.9 Å². The summed E-state index contributed by atoms with van der Waals surface area (Å²) in [4.78, 5) is 14.2. The van der Waals surface area contributed by atoms with Gasteiger partial charge in [0.25, 0.3) is 0 Å². The Morgan fingerprint density at radius 2 is 2.05 bits per heavy atom. The van der Waals surface area contributed by atoms with Crippen LogP contribution in [0, 0.1) is 5.92 Å². The smallest absolute Gasteiger partial charge is 0.241 e. The molecule has 0 saturated carbocycles. The van der Waals surface area contributed by atoms with Crippen molar-refractivity contribution in [2.45, 2.75) is 51.6 Å². The summed E-state index contributed by atoms with van der Waals surface area (Å²) < 4.78 is 25.3. The van der Waals surface area contributed by atoms with Crippen LogP contribution in [0.15, 0.2) is 0 Å². The van der Waals surface area contributed by atoms with Gasteiger partial charge in [-0.15, -0.1) is 0 Å². The van der Waals surface area contributed by atoms with E-state index >= 15 is 0 Å². The molecule has 0 aromatic rings. The maximum atomic E-state index is 12.6. The van der Waals surface area contributed by atoms with Gasteiger partial charge in [-0.3, -0.25) is 4.79 Å². The van der Waals surface area contributed by atoms with E-state index in [-0.39, 0.29) is 24.5 Å². The lowest BCUT2D eigenvalue weighted by atomic mass is 9.98. The third-order valence-electron chi connectivity index (χ3n) is 3.48. The van der Waals surface area contributed by atoms with Crippen LogP contribution >= 0.6 is 0 Å². The fourth-order valence-corrected chi connectivity index (χ4v) is 3.32. The first-order valence-corrected chi connectivity index (χ1v) is 9.02. The molecule has 1 amide bonds. The van der Waals surface area contributed by atoms with Gasteiger partial charge in [0, 0.05) is 6.54 Å². The lowest BCUT2D eigenvalue weighted by Crippen LogP contribution is -2.54. The number of hydrogen-bond donors (Lipinski definition) is 2. The molecule has 1 rings (SSSR count). The lowest BCUT2D eigenvalue weighted by molar-refractivity contribution is -0.138. The molecule has 1 fully saturated rings. The number of hydrogen-bond acceptors (Lipinski definition) is 4. The predicted molar refractivity (Wildman–Crippen MR) is 77.7 cm³/mol. The summed E-state index contributed by atoms with van der Waals surface area (Å²) in [6.45, 7) is 4.41. The number of rotatable bonds is 6. The highest BCUT2D eigenvalue weighted by molar-refractivity contribution is 7.88. The Kier molecular flexibility index (Phi) is 6.42. The van der Waals surface area contributed by atoms with Gasteiger partial charge < -0.3 is 10.0 Å². The van der Waals surface area contributed by atoms with Gasteiger partial charge in [-0.05, 0) is 31.6 Å². The molecular weight excluding hydrogens is 280 g/mol. The molecule has 0 aromatic carbocycles. The lowest BCUT2D eigenvalue weighted by Gasteiger charge is -2.37.